The van der Waals surface area contributed by atoms with Gasteiger partial charge in [0.05, 0.1) is 0 Å². The van der Waals surface area contributed by atoms with Crippen molar-refractivity contribution in [2.75, 3.05) is 24.5 Å². The molecule has 0 spiro atoms. The topological polar surface area (TPSA) is 29.3 Å². The summed E-state index contributed by atoms with van der Waals surface area (Å²) in [6.07, 6.45) is 3.73. The fourth-order valence-corrected chi connectivity index (χ4v) is 2.55. The molecule has 1 aliphatic rings. The van der Waals surface area contributed by atoms with Crippen LogP contribution in [0, 0.1) is 5.92 Å². The molecule has 1 saturated heterocycles. The molecule has 1 atom stereocenters. The third-order valence-corrected chi connectivity index (χ3v) is 3.54. The van der Waals surface area contributed by atoms with Crippen LogP contribution in [0.5, 0.6) is 0 Å². The van der Waals surface area contributed by atoms with Crippen LogP contribution < -0.4 is 10.6 Å². The van der Waals surface area contributed by atoms with E-state index in [0.717, 1.165) is 37.0 Å². The first-order valence-corrected chi connectivity index (χ1v) is 6.38. The van der Waals surface area contributed by atoms with Crippen molar-refractivity contribution in [2.45, 2.75) is 19.3 Å². The van der Waals surface area contributed by atoms with E-state index in [9.17, 15) is 0 Å². The van der Waals surface area contributed by atoms with Crippen LogP contribution in [-0.4, -0.2) is 19.6 Å². The first-order chi connectivity index (χ1) is 7.79. The summed E-state index contributed by atoms with van der Waals surface area (Å²) in [7, 11) is 0. The molecule has 1 aromatic rings. The van der Waals surface area contributed by atoms with Crippen molar-refractivity contribution in [1.82, 2.24) is 0 Å². The van der Waals surface area contributed by atoms with Crippen LogP contribution in [0.2, 0.25) is 5.02 Å². The minimum Gasteiger partial charge on any atom is -0.371 e. The van der Waals surface area contributed by atoms with Crippen LogP contribution >= 0.6 is 11.6 Å². The van der Waals surface area contributed by atoms with Crippen molar-refractivity contribution in [2.24, 2.45) is 11.7 Å². The molecule has 0 radical (unpaired) electrons. The minimum absolute atomic E-state index is 0.759. The van der Waals surface area contributed by atoms with Crippen LogP contribution in [0.3, 0.4) is 0 Å². The SMILES string of the molecule is NCCC1CCCN(c2ccc(Cl)cc2)C1. The smallest absolute Gasteiger partial charge is 0.0407 e. The Morgan fingerprint density at radius 3 is 2.75 bits per heavy atom. The summed E-state index contributed by atoms with van der Waals surface area (Å²) >= 11 is 5.89. The first kappa shape index (κ1) is 11.7. The molecular formula is C13H19ClN2. The summed E-state index contributed by atoms with van der Waals surface area (Å²) in [5.41, 5.74) is 6.91. The summed E-state index contributed by atoms with van der Waals surface area (Å²) in [5.74, 6) is 0.759. The molecule has 0 aliphatic carbocycles. The van der Waals surface area contributed by atoms with E-state index in [1.165, 1.54) is 18.5 Å². The zero-order valence-electron chi connectivity index (χ0n) is 9.53. The van der Waals surface area contributed by atoms with Gasteiger partial charge in [0.25, 0.3) is 0 Å². The van der Waals surface area contributed by atoms with Gasteiger partial charge in [-0.15, -0.1) is 0 Å². The molecule has 88 valence electrons. The highest BCUT2D eigenvalue weighted by molar-refractivity contribution is 6.30. The van der Waals surface area contributed by atoms with Crippen LogP contribution in [0.15, 0.2) is 24.3 Å². The highest BCUT2D eigenvalue weighted by Gasteiger charge is 2.19. The lowest BCUT2D eigenvalue weighted by Gasteiger charge is -2.34. The minimum atomic E-state index is 0.759. The third kappa shape index (κ3) is 2.89. The maximum Gasteiger partial charge on any atom is 0.0407 e. The number of hydrogen-bond acceptors (Lipinski definition) is 2. The number of halogens is 1. The van der Waals surface area contributed by atoms with Gasteiger partial charge in [-0.3, -0.25) is 0 Å². The van der Waals surface area contributed by atoms with Crippen LogP contribution in [0.25, 0.3) is 0 Å². The van der Waals surface area contributed by atoms with Crippen molar-refractivity contribution in [3.8, 4) is 0 Å². The molecule has 16 heavy (non-hydrogen) atoms. The molecule has 3 heteroatoms. The normalized spacial score (nSPS) is 21.1. The molecule has 2 N–H and O–H groups in total. The van der Waals surface area contributed by atoms with Gasteiger partial charge in [0.2, 0.25) is 0 Å². The molecule has 1 fully saturated rings. The summed E-state index contributed by atoms with van der Waals surface area (Å²) in [4.78, 5) is 2.44. The standard InChI is InChI=1S/C13H19ClN2/c14-12-3-5-13(6-4-12)16-9-1-2-11(10-16)7-8-15/h3-6,11H,1-2,7-10,15H2. The molecule has 0 aromatic heterocycles. The monoisotopic (exact) mass is 238 g/mol. The average molecular weight is 239 g/mol. The van der Waals surface area contributed by atoms with Gasteiger partial charge in [-0.2, -0.15) is 0 Å². The fourth-order valence-electron chi connectivity index (χ4n) is 2.42. The van der Waals surface area contributed by atoms with Crippen molar-refractivity contribution in [1.29, 1.82) is 0 Å². The number of nitrogens with two attached hydrogens (primary N) is 1. The van der Waals surface area contributed by atoms with Crippen LogP contribution in [0.4, 0.5) is 5.69 Å². The molecule has 0 bridgehead atoms. The molecule has 1 aliphatic heterocycles. The van der Waals surface area contributed by atoms with Gasteiger partial charge in [0, 0.05) is 23.8 Å². The van der Waals surface area contributed by atoms with E-state index in [1.54, 1.807) is 0 Å². The van der Waals surface area contributed by atoms with Gasteiger partial charge in [-0.1, -0.05) is 11.6 Å². The van der Waals surface area contributed by atoms with Crippen molar-refractivity contribution >= 4 is 17.3 Å². The lowest BCUT2D eigenvalue weighted by molar-refractivity contribution is 0.396. The quantitative estimate of drug-likeness (QED) is 0.878. The van der Waals surface area contributed by atoms with E-state index >= 15 is 0 Å². The second kappa shape index (κ2) is 5.55. The Bertz CT molecular complexity index is 321. The molecule has 0 saturated carbocycles. The second-order valence-electron chi connectivity index (χ2n) is 4.51. The molecule has 1 heterocycles. The van der Waals surface area contributed by atoms with Crippen LogP contribution in [-0.2, 0) is 0 Å². The summed E-state index contributed by atoms with van der Waals surface area (Å²) in [6.45, 7) is 3.10. The number of hydrogen-bond donors (Lipinski definition) is 1. The van der Waals surface area contributed by atoms with E-state index in [4.69, 9.17) is 17.3 Å². The maximum atomic E-state index is 5.89. The summed E-state index contributed by atoms with van der Waals surface area (Å²) in [5, 5.41) is 0.805. The molecule has 2 rings (SSSR count). The van der Waals surface area contributed by atoms with E-state index in [0.29, 0.717) is 0 Å². The molecule has 1 aromatic carbocycles. The third-order valence-electron chi connectivity index (χ3n) is 3.29. The Morgan fingerprint density at radius 1 is 1.31 bits per heavy atom. The first-order valence-electron chi connectivity index (χ1n) is 6.00. The van der Waals surface area contributed by atoms with Gasteiger partial charge >= 0.3 is 0 Å². The zero-order valence-corrected chi connectivity index (χ0v) is 10.3. The Kier molecular flexibility index (Phi) is 4.08. The largest absolute Gasteiger partial charge is 0.371 e. The van der Waals surface area contributed by atoms with Crippen molar-refractivity contribution in [3.05, 3.63) is 29.3 Å². The Labute approximate surface area is 102 Å². The number of piperidine rings is 1. The number of nitrogens with zero attached hydrogens (tertiary/aromatic N) is 1. The van der Waals surface area contributed by atoms with Crippen molar-refractivity contribution < 1.29 is 0 Å². The van der Waals surface area contributed by atoms with Gasteiger partial charge in [-0.25, -0.2) is 0 Å². The van der Waals surface area contributed by atoms with E-state index in [-0.39, 0.29) is 0 Å². The predicted octanol–water partition coefficient (Wildman–Crippen LogP) is 2.91. The lowest BCUT2D eigenvalue weighted by Crippen LogP contribution is -2.36. The fraction of sp³-hybridized carbons (Fsp3) is 0.538. The second-order valence-corrected chi connectivity index (χ2v) is 4.94. The molecule has 1 unspecified atom stereocenters. The lowest BCUT2D eigenvalue weighted by atomic mass is 9.94. The Hall–Kier alpha value is -0.730. The molecule has 0 amide bonds. The van der Waals surface area contributed by atoms with E-state index < -0.39 is 0 Å². The van der Waals surface area contributed by atoms with Gasteiger partial charge in [0.1, 0.15) is 0 Å². The van der Waals surface area contributed by atoms with E-state index in [2.05, 4.69) is 17.0 Å². The predicted molar refractivity (Wildman–Crippen MR) is 70.1 cm³/mol. The average Bonchev–Trinajstić information content (AvgIpc) is 2.31. The maximum absolute atomic E-state index is 5.89. The number of rotatable bonds is 3. The molecule has 2 nitrogen and oxygen atoms in total. The van der Waals surface area contributed by atoms with Gasteiger partial charge in [0.15, 0.2) is 0 Å². The Balaban J connectivity index is 2.01. The zero-order chi connectivity index (χ0) is 11.4. The highest BCUT2D eigenvalue weighted by Crippen LogP contribution is 2.25. The number of benzene rings is 1. The van der Waals surface area contributed by atoms with Gasteiger partial charge in [-0.05, 0) is 56.0 Å². The summed E-state index contributed by atoms with van der Waals surface area (Å²) in [6, 6.07) is 8.13. The highest BCUT2D eigenvalue weighted by atomic mass is 35.5. The number of anilines is 1. The van der Waals surface area contributed by atoms with E-state index in [1.807, 2.05) is 12.1 Å². The van der Waals surface area contributed by atoms with Gasteiger partial charge < -0.3 is 10.6 Å². The van der Waals surface area contributed by atoms with Crippen molar-refractivity contribution in [3.63, 3.8) is 0 Å². The molecular weight excluding hydrogens is 220 g/mol. The Morgan fingerprint density at radius 2 is 2.06 bits per heavy atom. The van der Waals surface area contributed by atoms with Crippen LogP contribution in [0.1, 0.15) is 19.3 Å². The summed E-state index contributed by atoms with van der Waals surface area (Å²) < 4.78 is 0.